The number of esters is 1. The molecule has 10 nitrogen and oxygen atoms in total. The van der Waals surface area contributed by atoms with Crippen molar-refractivity contribution >= 4 is 69.1 Å². The Labute approximate surface area is 225 Å². The van der Waals surface area contributed by atoms with Gasteiger partial charge >= 0.3 is 5.97 Å². The summed E-state index contributed by atoms with van der Waals surface area (Å²) in [6.07, 6.45) is -0.505. The average Bonchev–Trinajstić information content (AvgIpc) is 3.34. The van der Waals surface area contributed by atoms with Crippen LogP contribution in [0.4, 0.5) is 5.00 Å². The fourth-order valence-corrected chi connectivity index (χ4v) is 5.30. The summed E-state index contributed by atoms with van der Waals surface area (Å²) < 4.78 is 12.7. The summed E-state index contributed by atoms with van der Waals surface area (Å²) in [6, 6.07) is 4.90. The highest BCUT2D eigenvalue weighted by molar-refractivity contribution is 7.99. The van der Waals surface area contributed by atoms with Gasteiger partial charge in [0.1, 0.15) is 10.8 Å². The van der Waals surface area contributed by atoms with Crippen molar-refractivity contribution in [1.29, 1.82) is 0 Å². The zero-order valence-corrected chi connectivity index (χ0v) is 22.9. The van der Waals surface area contributed by atoms with Gasteiger partial charge in [-0.05, 0) is 38.5 Å². The zero-order chi connectivity index (χ0) is 26.6. The molecule has 1 atom stereocenters. The maximum absolute atomic E-state index is 12.7. The second-order valence-corrected chi connectivity index (χ2v) is 10.2. The number of anilines is 1. The average molecular weight is 572 g/mol. The monoisotopic (exact) mass is 571 g/mol. The molecule has 3 N–H and O–H groups in total. The number of thiophene rings is 1. The Morgan fingerprint density at radius 3 is 2.67 bits per heavy atom. The molecule has 2 heterocycles. The van der Waals surface area contributed by atoms with E-state index < -0.39 is 23.9 Å². The van der Waals surface area contributed by atoms with E-state index in [4.69, 9.17) is 38.4 Å². The zero-order valence-electron chi connectivity index (χ0n) is 19.8. The van der Waals surface area contributed by atoms with Crippen LogP contribution in [0.1, 0.15) is 51.4 Å². The molecule has 0 saturated heterocycles. The number of hydrogen-bond acceptors (Lipinski definition) is 9. The van der Waals surface area contributed by atoms with Crippen molar-refractivity contribution in [3.63, 3.8) is 0 Å². The normalized spacial score (nSPS) is 11.7. The maximum atomic E-state index is 12.7. The molecule has 1 aromatic carbocycles. The summed E-state index contributed by atoms with van der Waals surface area (Å²) >= 11 is 14.3. The maximum Gasteiger partial charge on any atom is 0.341 e. The van der Waals surface area contributed by atoms with E-state index in [0.29, 0.717) is 32.3 Å². The van der Waals surface area contributed by atoms with Crippen LogP contribution in [0.5, 0.6) is 5.75 Å². The third-order valence-corrected chi connectivity index (χ3v) is 7.65. The first-order valence-corrected chi connectivity index (χ1v) is 13.1. The van der Waals surface area contributed by atoms with Gasteiger partial charge in [0, 0.05) is 18.1 Å². The van der Waals surface area contributed by atoms with Crippen LogP contribution >= 0.6 is 46.3 Å². The number of benzene rings is 1. The Hall–Kier alpha value is -2.80. The summed E-state index contributed by atoms with van der Waals surface area (Å²) in [7, 11) is 1.75. The number of nitrogens with two attached hydrogens (primary N) is 1. The number of aromatic nitrogens is 3. The first-order chi connectivity index (χ1) is 17.0. The molecule has 0 spiro atoms. The number of carbonyl (C=O) groups is 3. The summed E-state index contributed by atoms with van der Waals surface area (Å²) in [5.74, 6) is -0.867. The first kappa shape index (κ1) is 27.8. The molecule has 3 rings (SSSR count). The highest BCUT2D eigenvalue weighted by Crippen LogP contribution is 2.34. The molecule has 0 radical (unpaired) electrons. The topological polar surface area (TPSA) is 138 Å². The van der Waals surface area contributed by atoms with Gasteiger partial charge in [-0.1, -0.05) is 35.0 Å². The van der Waals surface area contributed by atoms with Crippen LogP contribution < -0.4 is 15.8 Å². The number of nitrogens with one attached hydrogen (secondary N) is 1. The number of rotatable bonds is 10. The lowest BCUT2D eigenvalue weighted by molar-refractivity contribution is -0.113. The number of halogens is 2. The Morgan fingerprint density at radius 2 is 2.00 bits per heavy atom. The summed E-state index contributed by atoms with van der Waals surface area (Å²) in [6.45, 7) is 5.17. The number of primary amides is 1. The van der Waals surface area contributed by atoms with Crippen LogP contribution in [-0.2, 0) is 16.6 Å². The van der Waals surface area contributed by atoms with Crippen molar-refractivity contribution in [2.24, 2.45) is 12.8 Å². The largest absolute Gasteiger partial charge is 0.481 e. The molecule has 1 unspecified atom stereocenters. The Balaban J connectivity index is 1.69. The molecule has 192 valence electrons. The molecule has 0 saturated carbocycles. The standard InChI is InChI=1S/C22H23Cl2N5O5S2/c1-5-33-21(32)16-10(2)17(18(25)31)36-20(16)26-15(30)9-35-22-28-27-19(29(22)4)11(3)34-14-8-12(23)6-7-13(14)24/h6-8,11H,5,9H2,1-4H3,(H2,25,31)(H,26,30). The van der Waals surface area contributed by atoms with Gasteiger partial charge < -0.3 is 25.1 Å². The van der Waals surface area contributed by atoms with Crippen LogP contribution in [0, 0.1) is 6.92 Å². The second kappa shape index (κ2) is 12.0. The summed E-state index contributed by atoms with van der Waals surface area (Å²) in [5.41, 5.74) is 5.88. The molecular formula is C22H23Cl2N5O5S2. The number of thioether (sulfide) groups is 1. The molecule has 36 heavy (non-hydrogen) atoms. The molecule has 0 bridgehead atoms. The molecule has 0 aliphatic carbocycles. The van der Waals surface area contributed by atoms with Crippen molar-refractivity contribution in [2.75, 3.05) is 17.7 Å². The molecule has 0 fully saturated rings. The Kier molecular flexibility index (Phi) is 9.23. The van der Waals surface area contributed by atoms with Crippen LogP contribution in [0.15, 0.2) is 23.4 Å². The molecule has 2 aromatic heterocycles. The minimum absolute atomic E-state index is 0.0353. The van der Waals surface area contributed by atoms with Gasteiger partial charge in [0.15, 0.2) is 17.1 Å². The van der Waals surface area contributed by atoms with Gasteiger partial charge in [0.25, 0.3) is 5.91 Å². The minimum atomic E-state index is -0.695. The van der Waals surface area contributed by atoms with E-state index >= 15 is 0 Å². The van der Waals surface area contributed by atoms with Crippen molar-refractivity contribution < 1.29 is 23.9 Å². The minimum Gasteiger partial charge on any atom is -0.481 e. The number of nitrogens with zero attached hydrogens (tertiary/aromatic N) is 3. The van der Waals surface area contributed by atoms with E-state index in [1.54, 1.807) is 50.6 Å². The van der Waals surface area contributed by atoms with Gasteiger partial charge in [0.05, 0.1) is 27.8 Å². The van der Waals surface area contributed by atoms with Gasteiger partial charge in [-0.25, -0.2) is 4.79 Å². The third kappa shape index (κ3) is 6.30. The lowest BCUT2D eigenvalue weighted by Crippen LogP contribution is -2.17. The van der Waals surface area contributed by atoms with Crippen LogP contribution in [0.2, 0.25) is 10.0 Å². The van der Waals surface area contributed by atoms with Crippen LogP contribution in [0.25, 0.3) is 0 Å². The molecule has 3 aromatic rings. The SMILES string of the molecule is CCOC(=O)c1c(NC(=O)CSc2nnc(C(C)Oc3cc(Cl)ccc3Cl)n2C)sc(C(N)=O)c1C. The predicted octanol–water partition coefficient (Wildman–Crippen LogP) is 4.64. The summed E-state index contributed by atoms with van der Waals surface area (Å²) in [4.78, 5) is 37.0. The van der Waals surface area contributed by atoms with E-state index in [9.17, 15) is 14.4 Å². The van der Waals surface area contributed by atoms with Crippen LogP contribution in [-0.4, -0.2) is 44.9 Å². The van der Waals surface area contributed by atoms with E-state index in [1.165, 1.54) is 0 Å². The molecular weight excluding hydrogens is 549 g/mol. The van der Waals surface area contributed by atoms with Gasteiger partial charge in [-0.3, -0.25) is 9.59 Å². The molecule has 0 aliphatic heterocycles. The number of ether oxygens (including phenoxy) is 2. The second-order valence-electron chi connectivity index (χ2n) is 7.42. The molecule has 0 aliphatic rings. The Morgan fingerprint density at radius 1 is 1.28 bits per heavy atom. The highest BCUT2D eigenvalue weighted by atomic mass is 35.5. The lowest BCUT2D eigenvalue weighted by Gasteiger charge is -2.15. The van der Waals surface area contributed by atoms with Crippen molar-refractivity contribution in [3.05, 3.63) is 50.1 Å². The van der Waals surface area contributed by atoms with E-state index in [2.05, 4.69) is 15.5 Å². The van der Waals surface area contributed by atoms with Crippen molar-refractivity contribution in [1.82, 2.24) is 14.8 Å². The van der Waals surface area contributed by atoms with Gasteiger partial charge in [0.2, 0.25) is 5.91 Å². The van der Waals surface area contributed by atoms with Crippen molar-refractivity contribution in [2.45, 2.75) is 32.0 Å². The number of hydrogen-bond donors (Lipinski definition) is 2. The third-order valence-electron chi connectivity index (χ3n) is 4.86. The number of amides is 2. The van der Waals surface area contributed by atoms with Gasteiger partial charge in [-0.15, -0.1) is 21.5 Å². The summed E-state index contributed by atoms with van der Waals surface area (Å²) in [5, 5.41) is 12.5. The highest BCUT2D eigenvalue weighted by Gasteiger charge is 2.26. The lowest BCUT2D eigenvalue weighted by atomic mass is 10.1. The fourth-order valence-electron chi connectivity index (χ4n) is 3.19. The van der Waals surface area contributed by atoms with E-state index in [1.807, 2.05) is 0 Å². The predicted molar refractivity (Wildman–Crippen MR) is 139 cm³/mol. The van der Waals surface area contributed by atoms with E-state index in [0.717, 1.165) is 23.1 Å². The quantitative estimate of drug-likeness (QED) is 0.265. The molecule has 14 heteroatoms. The number of carbonyl (C=O) groups excluding carboxylic acids is 3. The van der Waals surface area contributed by atoms with E-state index in [-0.39, 0.29) is 27.8 Å². The van der Waals surface area contributed by atoms with Crippen LogP contribution in [0.3, 0.4) is 0 Å². The fraction of sp³-hybridized carbons (Fsp3) is 0.318. The Bertz CT molecular complexity index is 1310. The smallest absolute Gasteiger partial charge is 0.341 e. The van der Waals surface area contributed by atoms with Gasteiger partial charge in [-0.2, -0.15) is 0 Å². The first-order valence-electron chi connectivity index (χ1n) is 10.6. The van der Waals surface area contributed by atoms with Crippen molar-refractivity contribution in [3.8, 4) is 5.75 Å². The molecule has 2 amide bonds.